The smallest absolute Gasteiger partial charge is 0.229 e. The third-order valence-corrected chi connectivity index (χ3v) is 2.71. The topological polar surface area (TPSA) is 84.0 Å². The van der Waals surface area contributed by atoms with Crippen LogP contribution >= 0.6 is 0 Å². The molecule has 108 valence electrons. The standard InChI is InChI=1S/C15H16N4O2/c20-14(18-10-12-5-1-3-7-16-12)9-15(21)19-11-13-6-2-4-8-17-13/h1-8H,9-11H2,(H,18,20)(H,19,21). The SMILES string of the molecule is O=C(CC(=O)NCc1ccccn1)NCc1ccccn1. The van der Waals surface area contributed by atoms with Crippen molar-refractivity contribution >= 4 is 11.8 Å². The van der Waals surface area contributed by atoms with Crippen LogP contribution in [0.2, 0.25) is 0 Å². The second kappa shape index (κ2) is 7.74. The molecule has 0 saturated carbocycles. The molecule has 0 fully saturated rings. The Morgan fingerprint density at radius 1 is 0.810 bits per heavy atom. The Morgan fingerprint density at radius 3 is 1.67 bits per heavy atom. The minimum Gasteiger partial charge on any atom is -0.350 e. The molecule has 0 bridgehead atoms. The van der Waals surface area contributed by atoms with Gasteiger partial charge in [-0.25, -0.2) is 0 Å². The molecule has 0 spiro atoms. The van der Waals surface area contributed by atoms with Crippen molar-refractivity contribution in [3.63, 3.8) is 0 Å². The number of amides is 2. The van der Waals surface area contributed by atoms with E-state index >= 15 is 0 Å². The van der Waals surface area contributed by atoms with Gasteiger partial charge in [-0.1, -0.05) is 12.1 Å². The Balaban J connectivity index is 1.69. The highest BCUT2D eigenvalue weighted by Gasteiger charge is 2.09. The third-order valence-electron chi connectivity index (χ3n) is 2.71. The molecular weight excluding hydrogens is 268 g/mol. The zero-order valence-electron chi connectivity index (χ0n) is 11.5. The van der Waals surface area contributed by atoms with Crippen molar-refractivity contribution < 1.29 is 9.59 Å². The van der Waals surface area contributed by atoms with Gasteiger partial charge in [-0.05, 0) is 24.3 Å². The van der Waals surface area contributed by atoms with Crippen LogP contribution in [-0.2, 0) is 22.7 Å². The van der Waals surface area contributed by atoms with Crippen LogP contribution in [0.1, 0.15) is 17.8 Å². The normalized spacial score (nSPS) is 9.90. The molecule has 0 aromatic carbocycles. The van der Waals surface area contributed by atoms with Crippen molar-refractivity contribution in [2.45, 2.75) is 19.5 Å². The number of rotatable bonds is 6. The van der Waals surface area contributed by atoms with Crippen LogP contribution in [0, 0.1) is 0 Å². The summed E-state index contributed by atoms with van der Waals surface area (Å²) in [5, 5.41) is 5.30. The number of aromatic nitrogens is 2. The Morgan fingerprint density at radius 2 is 1.29 bits per heavy atom. The molecule has 0 aliphatic carbocycles. The monoisotopic (exact) mass is 284 g/mol. The average molecular weight is 284 g/mol. The van der Waals surface area contributed by atoms with E-state index in [1.54, 1.807) is 36.7 Å². The maximum atomic E-state index is 11.6. The molecule has 0 atom stereocenters. The average Bonchev–Trinajstić information content (AvgIpc) is 2.53. The summed E-state index contributed by atoms with van der Waals surface area (Å²) in [6.45, 7) is 0.625. The lowest BCUT2D eigenvalue weighted by molar-refractivity contribution is -0.129. The van der Waals surface area contributed by atoms with Crippen LogP contribution in [0.5, 0.6) is 0 Å². The third kappa shape index (κ3) is 5.40. The molecular formula is C15H16N4O2. The summed E-state index contributed by atoms with van der Waals surface area (Å²) in [7, 11) is 0. The Bertz CT molecular complexity index is 534. The number of carbonyl (C=O) groups is 2. The first kappa shape index (κ1) is 14.6. The lowest BCUT2D eigenvalue weighted by atomic mass is 10.3. The van der Waals surface area contributed by atoms with E-state index in [1.807, 2.05) is 12.1 Å². The fourth-order valence-corrected chi connectivity index (χ4v) is 1.65. The maximum Gasteiger partial charge on any atom is 0.229 e. The van der Waals surface area contributed by atoms with Gasteiger partial charge < -0.3 is 10.6 Å². The molecule has 0 radical (unpaired) electrons. The van der Waals surface area contributed by atoms with E-state index in [4.69, 9.17) is 0 Å². The molecule has 2 heterocycles. The van der Waals surface area contributed by atoms with Crippen LogP contribution in [0.3, 0.4) is 0 Å². The van der Waals surface area contributed by atoms with Gasteiger partial charge in [-0.3, -0.25) is 19.6 Å². The zero-order valence-corrected chi connectivity index (χ0v) is 11.5. The van der Waals surface area contributed by atoms with Gasteiger partial charge in [0.15, 0.2) is 0 Å². The lowest BCUT2D eigenvalue weighted by Gasteiger charge is -2.06. The molecule has 2 N–H and O–H groups in total. The lowest BCUT2D eigenvalue weighted by Crippen LogP contribution is -2.31. The van der Waals surface area contributed by atoms with Crippen molar-refractivity contribution in [3.8, 4) is 0 Å². The van der Waals surface area contributed by atoms with E-state index in [2.05, 4.69) is 20.6 Å². The Kier molecular flexibility index (Phi) is 5.40. The van der Waals surface area contributed by atoms with Crippen molar-refractivity contribution in [1.29, 1.82) is 0 Å². The van der Waals surface area contributed by atoms with Crippen LogP contribution < -0.4 is 10.6 Å². The van der Waals surface area contributed by atoms with Crippen LogP contribution in [0.4, 0.5) is 0 Å². The molecule has 0 aliphatic rings. The molecule has 0 saturated heterocycles. The highest BCUT2D eigenvalue weighted by Crippen LogP contribution is 1.94. The number of carbonyl (C=O) groups excluding carboxylic acids is 2. The molecule has 2 aromatic rings. The van der Waals surface area contributed by atoms with Crippen LogP contribution in [0.15, 0.2) is 48.8 Å². The fraction of sp³-hybridized carbons (Fsp3) is 0.200. The zero-order chi connectivity index (χ0) is 14.9. The van der Waals surface area contributed by atoms with Gasteiger partial charge in [-0.2, -0.15) is 0 Å². The summed E-state index contributed by atoms with van der Waals surface area (Å²) in [6.07, 6.45) is 3.10. The first-order valence-corrected chi connectivity index (χ1v) is 6.57. The predicted molar refractivity (Wildman–Crippen MR) is 76.8 cm³/mol. The number of hydrogen-bond donors (Lipinski definition) is 2. The second-order valence-electron chi connectivity index (χ2n) is 4.37. The first-order chi connectivity index (χ1) is 10.2. The molecule has 2 rings (SSSR count). The predicted octanol–water partition coefficient (Wildman–Crippen LogP) is 0.799. The van der Waals surface area contributed by atoms with E-state index in [1.165, 1.54) is 0 Å². The van der Waals surface area contributed by atoms with Crippen molar-refractivity contribution in [2.75, 3.05) is 0 Å². The van der Waals surface area contributed by atoms with Crippen molar-refractivity contribution in [1.82, 2.24) is 20.6 Å². The maximum absolute atomic E-state index is 11.6. The van der Waals surface area contributed by atoms with E-state index in [0.29, 0.717) is 13.1 Å². The molecule has 0 aliphatic heterocycles. The fourth-order valence-electron chi connectivity index (χ4n) is 1.65. The Hall–Kier alpha value is -2.76. The molecule has 21 heavy (non-hydrogen) atoms. The van der Waals surface area contributed by atoms with Crippen LogP contribution in [-0.4, -0.2) is 21.8 Å². The van der Waals surface area contributed by atoms with Crippen molar-refractivity contribution in [2.24, 2.45) is 0 Å². The van der Waals surface area contributed by atoms with Crippen molar-refractivity contribution in [3.05, 3.63) is 60.2 Å². The minimum atomic E-state index is -0.334. The van der Waals surface area contributed by atoms with Gasteiger partial charge in [0.2, 0.25) is 11.8 Å². The van der Waals surface area contributed by atoms with E-state index < -0.39 is 0 Å². The first-order valence-electron chi connectivity index (χ1n) is 6.57. The van der Waals surface area contributed by atoms with Gasteiger partial charge in [0.05, 0.1) is 24.5 Å². The molecule has 6 heteroatoms. The number of pyridine rings is 2. The molecule has 2 aromatic heterocycles. The van der Waals surface area contributed by atoms with Crippen LogP contribution in [0.25, 0.3) is 0 Å². The second-order valence-corrected chi connectivity index (χ2v) is 4.37. The highest BCUT2D eigenvalue weighted by atomic mass is 16.2. The number of hydrogen-bond acceptors (Lipinski definition) is 4. The van der Waals surface area contributed by atoms with Gasteiger partial charge in [0, 0.05) is 12.4 Å². The van der Waals surface area contributed by atoms with Gasteiger partial charge >= 0.3 is 0 Å². The summed E-state index contributed by atoms with van der Waals surface area (Å²) in [6, 6.07) is 10.9. The van der Waals surface area contributed by atoms with Gasteiger partial charge in [0.25, 0.3) is 0 Å². The molecule has 0 unspecified atom stereocenters. The van der Waals surface area contributed by atoms with E-state index in [9.17, 15) is 9.59 Å². The largest absolute Gasteiger partial charge is 0.350 e. The number of nitrogens with zero attached hydrogens (tertiary/aromatic N) is 2. The number of nitrogens with one attached hydrogen (secondary N) is 2. The Labute approximate surface area is 122 Å². The summed E-state index contributed by atoms with van der Waals surface area (Å²) >= 11 is 0. The highest BCUT2D eigenvalue weighted by molar-refractivity contribution is 5.96. The van der Waals surface area contributed by atoms with Gasteiger partial charge in [-0.15, -0.1) is 0 Å². The summed E-state index contributed by atoms with van der Waals surface area (Å²) < 4.78 is 0. The van der Waals surface area contributed by atoms with Gasteiger partial charge in [0.1, 0.15) is 6.42 Å². The minimum absolute atomic E-state index is 0.209. The molecule has 2 amide bonds. The van der Waals surface area contributed by atoms with E-state index in [-0.39, 0.29) is 18.2 Å². The summed E-state index contributed by atoms with van der Waals surface area (Å²) in [4.78, 5) is 31.4. The van der Waals surface area contributed by atoms with E-state index in [0.717, 1.165) is 11.4 Å². The summed E-state index contributed by atoms with van der Waals surface area (Å²) in [5.41, 5.74) is 1.50. The molecule has 6 nitrogen and oxygen atoms in total. The summed E-state index contributed by atoms with van der Waals surface area (Å²) in [5.74, 6) is -0.668. The quantitative estimate of drug-likeness (QED) is 0.768.